The van der Waals surface area contributed by atoms with Crippen molar-refractivity contribution in [3.05, 3.63) is 24.0 Å². The van der Waals surface area contributed by atoms with Gasteiger partial charge in [-0.05, 0) is 19.1 Å². The van der Waals surface area contributed by atoms with Crippen LogP contribution in [0.4, 0.5) is 0 Å². The molecule has 1 N–H and O–H groups in total. The molecule has 4 nitrogen and oxygen atoms in total. The first-order valence-corrected chi connectivity index (χ1v) is 3.63. The molecule has 0 saturated heterocycles. The summed E-state index contributed by atoms with van der Waals surface area (Å²) in [5, 5.41) is 6.36. The van der Waals surface area contributed by atoms with Gasteiger partial charge in [0.15, 0.2) is 5.69 Å². The van der Waals surface area contributed by atoms with Crippen LogP contribution in [-0.4, -0.2) is 22.8 Å². The monoisotopic (exact) mass is 166 g/mol. The molecule has 0 saturated carbocycles. The number of hydrogen-bond acceptors (Lipinski definition) is 3. The number of rotatable bonds is 3. The summed E-state index contributed by atoms with van der Waals surface area (Å²) < 4.78 is 4.73. The lowest BCUT2D eigenvalue weighted by molar-refractivity contribution is 0.0519. The summed E-state index contributed by atoms with van der Waals surface area (Å²) in [6.07, 6.45) is 1.58. The van der Waals surface area contributed by atoms with Crippen LogP contribution in [0.3, 0.4) is 0 Å². The summed E-state index contributed by atoms with van der Waals surface area (Å²) in [6.45, 7) is 5.63. The van der Waals surface area contributed by atoms with Gasteiger partial charge in [-0.1, -0.05) is 6.58 Å². The van der Waals surface area contributed by atoms with Crippen LogP contribution in [0.5, 0.6) is 0 Å². The van der Waals surface area contributed by atoms with Crippen molar-refractivity contribution < 1.29 is 9.53 Å². The molecule has 0 aliphatic rings. The van der Waals surface area contributed by atoms with Crippen molar-refractivity contribution in [3.8, 4) is 0 Å². The summed E-state index contributed by atoms with van der Waals surface area (Å²) >= 11 is 0. The SMILES string of the molecule is C=Cc1cc(C(=O)OCC)n[nH]1. The van der Waals surface area contributed by atoms with Crippen LogP contribution in [-0.2, 0) is 4.74 Å². The van der Waals surface area contributed by atoms with Gasteiger partial charge in [-0.3, -0.25) is 5.10 Å². The van der Waals surface area contributed by atoms with Gasteiger partial charge in [-0.25, -0.2) is 4.79 Å². The molecule has 1 aromatic heterocycles. The largest absolute Gasteiger partial charge is 0.461 e. The maximum absolute atomic E-state index is 11.0. The fourth-order valence-electron chi connectivity index (χ4n) is 0.751. The Morgan fingerprint density at radius 3 is 3.17 bits per heavy atom. The molecule has 12 heavy (non-hydrogen) atoms. The van der Waals surface area contributed by atoms with Gasteiger partial charge in [0.1, 0.15) is 0 Å². The number of esters is 1. The van der Waals surface area contributed by atoms with Crippen molar-refractivity contribution in [1.29, 1.82) is 0 Å². The van der Waals surface area contributed by atoms with Gasteiger partial charge in [-0.2, -0.15) is 5.10 Å². The van der Waals surface area contributed by atoms with Gasteiger partial charge in [0.05, 0.1) is 12.3 Å². The van der Waals surface area contributed by atoms with E-state index in [1.165, 1.54) is 0 Å². The highest BCUT2D eigenvalue weighted by atomic mass is 16.5. The molecule has 0 aliphatic heterocycles. The number of nitrogens with zero attached hydrogens (tertiary/aromatic N) is 1. The van der Waals surface area contributed by atoms with Crippen molar-refractivity contribution in [2.75, 3.05) is 6.61 Å². The maximum atomic E-state index is 11.0. The van der Waals surface area contributed by atoms with E-state index < -0.39 is 5.97 Å². The van der Waals surface area contributed by atoms with Gasteiger partial charge in [0.25, 0.3) is 0 Å². The van der Waals surface area contributed by atoms with E-state index >= 15 is 0 Å². The smallest absolute Gasteiger partial charge is 0.358 e. The summed E-state index contributed by atoms with van der Waals surface area (Å²) in [6, 6.07) is 1.59. The molecule has 0 radical (unpaired) electrons. The normalized spacial score (nSPS) is 9.42. The van der Waals surface area contributed by atoms with Crippen molar-refractivity contribution in [2.24, 2.45) is 0 Å². The Balaban J connectivity index is 2.74. The van der Waals surface area contributed by atoms with Crippen molar-refractivity contribution in [1.82, 2.24) is 10.2 Å². The van der Waals surface area contributed by atoms with Gasteiger partial charge < -0.3 is 4.74 Å². The van der Waals surface area contributed by atoms with Gasteiger partial charge in [0.2, 0.25) is 0 Å². The summed E-state index contributed by atoms with van der Waals surface area (Å²) in [4.78, 5) is 11.0. The van der Waals surface area contributed by atoms with Crippen LogP contribution in [0.1, 0.15) is 23.1 Å². The Morgan fingerprint density at radius 1 is 1.92 bits per heavy atom. The number of carbonyl (C=O) groups is 1. The number of aromatic nitrogens is 2. The third-order valence-electron chi connectivity index (χ3n) is 1.30. The molecule has 64 valence electrons. The second kappa shape index (κ2) is 3.71. The minimum Gasteiger partial charge on any atom is -0.461 e. The lowest BCUT2D eigenvalue weighted by atomic mass is 10.3. The van der Waals surface area contributed by atoms with E-state index in [1.807, 2.05) is 0 Å². The number of hydrogen-bond donors (Lipinski definition) is 1. The van der Waals surface area contributed by atoms with E-state index in [4.69, 9.17) is 4.74 Å². The van der Waals surface area contributed by atoms with Gasteiger partial charge >= 0.3 is 5.97 Å². The van der Waals surface area contributed by atoms with Gasteiger partial charge in [-0.15, -0.1) is 0 Å². The fraction of sp³-hybridized carbons (Fsp3) is 0.250. The Labute approximate surface area is 70.2 Å². The highest BCUT2D eigenvalue weighted by Crippen LogP contribution is 2.01. The second-order valence-electron chi connectivity index (χ2n) is 2.13. The first-order chi connectivity index (χ1) is 5.77. The number of aromatic amines is 1. The zero-order valence-electron chi connectivity index (χ0n) is 6.83. The average molecular weight is 166 g/mol. The summed E-state index contributed by atoms with van der Waals surface area (Å²) in [7, 11) is 0. The fourth-order valence-corrected chi connectivity index (χ4v) is 0.751. The van der Waals surface area contributed by atoms with E-state index in [-0.39, 0.29) is 5.69 Å². The number of ether oxygens (including phenoxy) is 1. The highest BCUT2D eigenvalue weighted by Gasteiger charge is 2.09. The Bertz CT molecular complexity index is 291. The molecule has 0 aliphatic carbocycles. The van der Waals surface area contributed by atoms with Gasteiger partial charge in [0, 0.05) is 0 Å². The van der Waals surface area contributed by atoms with Crippen LogP contribution >= 0.6 is 0 Å². The third-order valence-corrected chi connectivity index (χ3v) is 1.30. The molecular formula is C8H10N2O2. The molecule has 1 aromatic rings. The molecule has 1 rings (SSSR count). The Kier molecular flexibility index (Phi) is 2.63. The molecule has 0 amide bonds. The molecular weight excluding hydrogens is 156 g/mol. The predicted octanol–water partition coefficient (Wildman–Crippen LogP) is 1.23. The van der Waals surface area contributed by atoms with E-state index in [0.29, 0.717) is 12.3 Å². The number of H-pyrrole nitrogens is 1. The minimum absolute atomic E-state index is 0.284. The topological polar surface area (TPSA) is 55.0 Å². The summed E-state index contributed by atoms with van der Waals surface area (Å²) in [5.41, 5.74) is 0.991. The lowest BCUT2D eigenvalue weighted by Crippen LogP contribution is -2.04. The predicted molar refractivity (Wildman–Crippen MR) is 44.6 cm³/mol. The van der Waals surface area contributed by atoms with Crippen LogP contribution in [0, 0.1) is 0 Å². The Morgan fingerprint density at radius 2 is 2.67 bits per heavy atom. The molecule has 0 spiro atoms. The van der Waals surface area contributed by atoms with E-state index in [0.717, 1.165) is 0 Å². The van der Waals surface area contributed by atoms with Crippen LogP contribution in [0.25, 0.3) is 6.08 Å². The minimum atomic E-state index is -0.415. The molecule has 0 aromatic carbocycles. The molecule has 0 atom stereocenters. The number of nitrogens with one attached hydrogen (secondary N) is 1. The lowest BCUT2D eigenvalue weighted by Gasteiger charge is -1.94. The third kappa shape index (κ3) is 1.72. The van der Waals surface area contributed by atoms with Crippen molar-refractivity contribution >= 4 is 12.0 Å². The van der Waals surface area contributed by atoms with E-state index in [1.54, 1.807) is 19.1 Å². The summed E-state index contributed by atoms with van der Waals surface area (Å²) in [5.74, 6) is -0.415. The van der Waals surface area contributed by atoms with Crippen LogP contribution in [0.2, 0.25) is 0 Å². The first-order valence-electron chi connectivity index (χ1n) is 3.63. The first kappa shape index (κ1) is 8.52. The van der Waals surface area contributed by atoms with E-state index in [9.17, 15) is 4.79 Å². The molecule has 1 heterocycles. The zero-order chi connectivity index (χ0) is 8.97. The number of carbonyl (C=O) groups excluding carboxylic acids is 1. The quantitative estimate of drug-likeness (QED) is 0.687. The van der Waals surface area contributed by atoms with Crippen LogP contribution in [0.15, 0.2) is 12.6 Å². The maximum Gasteiger partial charge on any atom is 0.358 e. The van der Waals surface area contributed by atoms with Crippen molar-refractivity contribution in [3.63, 3.8) is 0 Å². The second-order valence-corrected chi connectivity index (χ2v) is 2.13. The van der Waals surface area contributed by atoms with Crippen molar-refractivity contribution in [2.45, 2.75) is 6.92 Å². The molecule has 4 heteroatoms. The van der Waals surface area contributed by atoms with Crippen LogP contribution < -0.4 is 0 Å². The highest BCUT2D eigenvalue weighted by molar-refractivity contribution is 5.87. The molecule has 0 fully saturated rings. The standard InChI is InChI=1S/C8H10N2O2/c1-3-6-5-7(10-9-6)8(11)12-4-2/h3,5H,1,4H2,2H3,(H,9,10). The Hall–Kier alpha value is -1.58. The average Bonchev–Trinajstić information content (AvgIpc) is 2.52. The zero-order valence-corrected chi connectivity index (χ0v) is 6.83. The molecule has 0 bridgehead atoms. The van der Waals surface area contributed by atoms with E-state index in [2.05, 4.69) is 16.8 Å². The molecule has 0 unspecified atom stereocenters.